The smallest absolute Gasteiger partial charge is 0.234 e. The van der Waals surface area contributed by atoms with Crippen LogP contribution in [0.5, 0.6) is 5.75 Å². The van der Waals surface area contributed by atoms with E-state index in [2.05, 4.69) is 20.5 Å². The number of hydrogen-bond acceptors (Lipinski definition) is 6. The van der Waals surface area contributed by atoms with E-state index < -0.39 is 0 Å². The first-order valence-electron chi connectivity index (χ1n) is 9.74. The van der Waals surface area contributed by atoms with Crippen LogP contribution >= 0.6 is 23.4 Å². The van der Waals surface area contributed by atoms with E-state index in [1.54, 1.807) is 29.9 Å². The van der Waals surface area contributed by atoms with Gasteiger partial charge >= 0.3 is 0 Å². The fourth-order valence-corrected chi connectivity index (χ4v) is 4.32. The van der Waals surface area contributed by atoms with Gasteiger partial charge in [-0.1, -0.05) is 41.6 Å². The van der Waals surface area contributed by atoms with Crippen molar-refractivity contribution in [3.05, 3.63) is 64.2 Å². The minimum Gasteiger partial charge on any atom is -0.495 e. The second kappa shape index (κ2) is 9.05. The predicted molar refractivity (Wildman–Crippen MR) is 126 cm³/mol. The van der Waals surface area contributed by atoms with E-state index in [-0.39, 0.29) is 17.1 Å². The fraction of sp³-hybridized carbons (Fsp3) is 0.182. The molecule has 0 saturated heterocycles. The second-order valence-corrected chi connectivity index (χ2v) is 8.40. The molecule has 0 atom stereocenters. The fourth-order valence-electron chi connectivity index (χ4n) is 3.35. The van der Waals surface area contributed by atoms with Crippen molar-refractivity contribution < 1.29 is 9.53 Å². The Balaban J connectivity index is 1.71. The van der Waals surface area contributed by atoms with Crippen molar-refractivity contribution in [3.63, 3.8) is 0 Å². The molecule has 4 rings (SSSR count). The average molecular weight is 469 g/mol. The van der Waals surface area contributed by atoms with Crippen LogP contribution in [0, 0.1) is 19.3 Å². The maximum absolute atomic E-state index is 12.7. The van der Waals surface area contributed by atoms with Crippen molar-refractivity contribution in [2.75, 3.05) is 18.2 Å². The van der Waals surface area contributed by atoms with Gasteiger partial charge in [-0.25, -0.2) is 4.98 Å². The van der Waals surface area contributed by atoms with Gasteiger partial charge in [-0.3, -0.25) is 19.9 Å². The maximum atomic E-state index is 12.7. The summed E-state index contributed by atoms with van der Waals surface area (Å²) < 4.78 is 6.99. The van der Waals surface area contributed by atoms with Crippen LogP contribution in [0.15, 0.2) is 47.6 Å². The first kappa shape index (κ1) is 21.9. The van der Waals surface area contributed by atoms with E-state index in [0.29, 0.717) is 32.6 Å². The molecule has 0 fully saturated rings. The number of halogens is 1. The summed E-state index contributed by atoms with van der Waals surface area (Å²) in [5.41, 5.74) is 3.53. The Bertz CT molecular complexity index is 1380. The molecule has 0 aliphatic carbocycles. The number of nitrogens with zero attached hydrogens (tertiary/aromatic N) is 3. The average Bonchev–Trinajstić information content (AvgIpc) is 3.16. The van der Waals surface area contributed by atoms with Gasteiger partial charge in [0.2, 0.25) is 5.91 Å². The van der Waals surface area contributed by atoms with E-state index in [1.807, 2.05) is 38.1 Å². The van der Waals surface area contributed by atoms with Crippen molar-refractivity contribution in [2.24, 2.45) is 0 Å². The molecular formula is C22H21ClN6O2S. The molecule has 32 heavy (non-hydrogen) atoms. The van der Waals surface area contributed by atoms with Crippen LogP contribution in [0.25, 0.3) is 16.7 Å². The summed E-state index contributed by atoms with van der Waals surface area (Å²) >= 11 is 7.56. The summed E-state index contributed by atoms with van der Waals surface area (Å²) in [5.74, 6) is 0.440. The molecule has 2 heterocycles. The van der Waals surface area contributed by atoms with Crippen molar-refractivity contribution in [3.8, 4) is 11.4 Å². The molecule has 1 amide bonds. The summed E-state index contributed by atoms with van der Waals surface area (Å²) in [5, 5.41) is 20.5. The molecule has 0 saturated carbocycles. The molecule has 2 aromatic heterocycles. The molecule has 0 spiro atoms. The lowest BCUT2D eigenvalue weighted by atomic mass is 10.2. The number of thioether (sulfide) groups is 1. The summed E-state index contributed by atoms with van der Waals surface area (Å²) in [6.07, 6.45) is 0. The molecule has 0 radical (unpaired) electrons. The maximum Gasteiger partial charge on any atom is 0.234 e. The van der Waals surface area contributed by atoms with E-state index >= 15 is 0 Å². The van der Waals surface area contributed by atoms with Crippen LogP contribution in [0.3, 0.4) is 0 Å². The standard InChI is InChI=1S/C22H21ClN6O2S/c1-12-14(23)7-6-9-16(12)29-20(24)19-13(2)27-28-21(19)26-22(29)32-11-18(30)25-15-8-4-5-10-17(15)31-3/h4-10,24H,11H2,1-3H3,(H,25,30)(H,27,28). The molecule has 3 N–H and O–H groups in total. The van der Waals surface area contributed by atoms with Crippen LogP contribution in [0.2, 0.25) is 5.02 Å². The molecule has 0 aliphatic heterocycles. The van der Waals surface area contributed by atoms with Gasteiger partial charge in [0.25, 0.3) is 0 Å². The van der Waals surface area contributed by atoms with E-state index in [1.165, 1.54) is 11.8 Å². The highest BCUT2D eigenvalue weighted by Crippen LogP contribution is 2.27. The zero-order valence-corrected chi connectivity index (χ0v) is 19.3. The Morgan fingerprint density at radius 3 is 2.81 bits per heavy atom. The van der Waals surface area contributed by atoms with E-state index in [0.717, 1.165) is 16.9 Å². The van der Waals surface area contributed by atoms with Gasteiger partial charge in [-0.2, -0.15) is 5.10 Å². The number of para-hydroxylation sites is 2. The molecule has 164 valence electrons. The third-order valence-corrected chi connectivity index (χ3v) is 6.32. The number of rotatable bonds is 6. The number of ether oxygens (including phenoxy) is 1. The molecule has 4 aromatic rings. The van der Waals surface area contributed by atoms with Crippen LogP contribution in [-0.2, 0) is 4.79 Å². The molecule has 0 aliphatic rings. The molecule has 0 unspecified atom stereocenters. The lowest BCUT2D eigenvalue weighted by Crippen LogP contribution is -2.24. The van der Waals surface area contributed by atoms with Crippen LogP contribution in [0.1, 0.15) is 11.3 Å². The van der Waals surface area contributed by atoms with Gasteiger partial charge in [0.15, 0.2) is 10.8 Å². The number of aromatic amines is 1. The molecule has 8 nitrogen and oxygen atoms in total. The van der Waals surface area contributed by atoms with Crippen molar-refractivity contribution in [2.45, 2.75) is 19.0 Å². The molecule has 2 aromatic carbocycles. The Labute approximate surface area is 193 Å². The lowest BCUT2D eigenvalue weighted by Gasteiger charge is -2.16. The highest BCUT2D eigenvalue weighted by Gasteiger charge is 2.18. The third-order valence-electron chi connectivity index (χ3n) is 4.97. The number of benzene rings is 2. The van der Waals surface area contributed by atoms with Crippen molar-refractivity contribution in [1.29, 1.82) is 5.41 Å². The SMILES string of the molecule is COc1ccccc1NC(=O)CSc1nc2n[nH]c(C)c2c(=N)n1-c1cccc(Cl)c1C. The zero-order chi connectivity index (χ0) is 22.8. The first-order valence-corrected chi connectivity index (χ1v) is 11.1. The van der Waals surface area contributed by atoms with Gasteiger partial charge in [0.05, 0.1) is 29.6 Å². The van der Waals surface area contributed by atoms with Crippen molar-refractivity contribution >= 4 is 46.0 Å². The molecule has 0 bridgehead atoms. The number of amides is 1. The quantitative estimate of drug-likeness (QED) is 0.290. The predicted octanol–water partition coefficient (Wildman–Crippen LogP) is 4.24. The summed E-state index contributed by atoms with van der Waals surface area (Å²) in [7, 11) is 1.55. The highest BCUT2D eigenvalue weighted by atomic mass is 35.5. The van der Waals surface area contributed by atoms with Crippen LogP contribution in [0.4, 0.5) is 5.69 Å². The second-order valence-electron chi connectivity index (χ2n) is 7.05. The minimum absolute atomic E-state index is 0.0824. The largest absolute Gasteiger partial charge is 0.495 e. The Hall–Kier alpha value is -3.30. The number of aryl methyl sites for hydroxylation is 1. The Morgan fingerprint density at radius 1 is 1.25 bits per heavy atom. The Kier molecular flexibility index (Phi) is 6.20. The van der Waals surface area contributed by atoms with E-state index in [4.69, 9.17) is 21.7 Å². The van der Waals surface area contributed by atoms with Gasteiger partial charge in [0.1, 0.15) is 11.2 Å². The number of carbonyl (C=O) groups excluding carboxylic acids is 1. The third kappa shape index (κ3) is 4.09. The van der Waals surface area contributed by atoms with Crippen LogP contribution < -0.4 is 15.5 Å². The number of fused-ring (bicyclic) bond motifs is 1. The van der Waals surface area contributed by atoms with Crippen molar-refractivity contribution in [1.82, 2.24) is 19.7 Å². The summed E-state index contributed by atoms with van der Waals surface area (Å²) in [6.45, 7) is 3.73. The lowest BCUT2D eigenvalue weighted by molar-refractivity contribution is -0.113. The number of nitrogens with one attached hydrogen (secondary N) is 3. The normalized spacial score (nSPS) is 11.0. The minimum atomic E-state index is -0.222. The molecule has 10 heteroatoms. The number of hydrogen-bond donors (Lipinski definition) is 3. The Morgan fingerprint density at radius 2 is 2.03 bits per heavy atom. The number of methoxy groups -OCH3 is 1. The monoisotopic (exact) mass is 468 g/mol. The summed E-state index contributed by atoms with van der Waals surface area (Å²) in [6, 6.07) is 12.7. The number of carbonyl (C=O) groups is 1. The van der Waals surface area contributed by atoms with Gasteiger partial charge in [-0.15, -0.1) is 0 Å². The molecular weight excluding hydrogens is 448 g/mol. The number of anilines is 1. The number of H-pyrrole nitrogens is 1. The number of aromatic nitrogens is 4. The zero-order valence-electron chi connectivity index (χ0n) is 17.7. The van der Waals surface area contributed by atoms with Gasteiger partial charge in [0, 0.05) is 10.7 Å². The first-order chi connectivity index (χ1) is 15.4. The van der Waals surface area contributed by atoms with Gasteiger partial charge in [-0.05, 0) is 43.7 Å². The highest BCUT2D eigenvalue weighted by molar-refractivity contribution is 7.99. The van der Waals surface area contributed by atoms with Gasteiger partial charge < -0.3 is 10.1 Å². The van der Waals surface area contributed by atoms with Crippen LogP contribution in [-0.4, -0.2) is 38.5 Å². The van der Waals surface area contributed by atoms with E-state index in [9.17, 15) is 4.79 Å². The topological polar surface area (TPSA) is 109 Å². The summed E-state index contributed by atoms with van der Waals surface area (Å²) in [4.78, 5) is 17.3.